The first-order valence-corrected chi connectivity index (χ1v) is 7.62. The second kappa shape index (κ2) is 5.44. The fraction of sp³-hybridized carbons (Fsp3) is 1.00. The minimum Gasteiger partial charge on any atom is -0.243 e. The lowest BCUT2D eigenvalue weighted by Gasteiger charge is -2.37. The summed E-state index contributed by atoms with van der Waals surface area (Å²) in [6.07, 6.45) is 5.07. The Labute approximate surface area is 97.0 Å². The summed E-state index contributed by atoms with van der Waals surface area (Å²) in [7, 11) is -0.702. The fourth-order valence-electron chi connectivity index (χ4n) is 2.50. The fourth-order valence-corrected chi connectivity index (χ4v) is 3.81. The summed E-state index contributed by atoms with van der Waals surface area (Å²) in [5.41, 5.74) is 0.374. The van der Waals surface area contributed by atoms with Crippen LogP contribution < -0.4 is 0 Å². The molecule has 0 amide bonds. The Kier molecular flexibility index (Phi) is 4.78. The van der Waals surface area contributed by atoms with E-state index in [1.807, 2.05) is 20.8 Å². The molecule has 0 bridgehead atoms. The van der Waals surface area contributed by atoms with Crippen LogP contribution in [0.15, 0.2) is 0 Å². The Balaban J connectivity index is 0.000000531. The lowest BCUT2D eigenvalue weighted by atomic mass is 9.93. The number of hydrogen-bond acceptors (Lipinski definition) is 1. The summed E-state index contributed by atoms with van der Waals surface area (Å²) in [5, 5.41) is 0. The molecule has 1 saturated carbocycles. The average Bonchev–Trinajstić information content (AvgIpc) is 3.00. The highest BCUT2D eigenvalue weighted by atomic mass is 32.2. The van der Waals surface area contributed by atoms with Gasteiger partial charge in [0.25, 0.3) is 0 Å². The Bertz CT molecular complexity index is 226. The van der Waals surface area contributed by atoms with Crippen LogP contribution in [0.4, 0.5) is 0 Å². The van der Waals surface area contributed by atoms with Gasteiger partial charge in [-0.15, -0.1) is 0 Å². The van der Waals surface area contributed by atoms with Gasteiger partial charge in [-0.3, -0.25) is 0 Å². The molecule has 0 radical (unpaired) electrons. The van der Waals surface area contributed by atoms with Crippen LogP contribution in [0.1, 0.15) is 53.4 Å². The van der Waals surface area contributed by atoms with Crippen LogP contribution in [0.3, 0.4) is 0 Å². The molecule has 2 fully saturated rings. The topological polar surface area (TPSA) is 20.3 Å². The van der Waals surface area contributed by atoms with Crippen molar-refractivity contribution in [2.45, 2.75) is 58.9 Å². The first kappa shape index (κ1) is 13.2. The molecule has 1 aliphatic heterocycles. The molecular weight excluding hydrogens is 206 g/mol. The Morgan fingerprint density at radius 3 is 2.47 bits per heavy atom. The van der Waals surface area contributed by atoms with Crippen LogP contribution in [-0.2, 0) is 11.0 Å². The third-order valence-corrected chi connectivity index (χ3v) is 4.96. The Hall–Kier alpha value is 0.110. The molecule has 1 spiro atoms. The van der Waals surface area contributed by atoms with Crippen molar-refractivity contribution in [1.29, 1.82) is 0 Å². The molecule has 1 aliphatic carbocycles. The Morgan fingerprint density at radius 1 is 1.40 bits per heavy atom. The van der Waals surface area contributed by atoms with Gasteiger partial charge in [-0.05, 0) is 31.6 Å². The predicted molar refractivity (Wildman–Crippen MR) is 67.1 cm³/mol. The average molecular weight is 231 g/mol. The van der Waals surface area contributed by atoms with Gasteiger partial charge < -0.3 is 0 Å². The van der Waals surface area contributed by atoms with Crippen molar-refractivity contribution >= 4 is 11.0 Å². The molecule has 0 N–H and O–H groups in total. The number of nitrogens with zero attached hydrogens (tertiary/aromatic N) is 1. The van der Waals surface area contributed by atoms with Gasteiger partial charge in [0.05, 0.1) is 11.0 Å². The summed E-state index contributed by atoms with van der Waals surface area (Å²) in [6.45, 7) is 9.40. The lowest BCUT2D eigenvalue weighted by molar-refractivity contribution is 0.196. The first-order valence-electron chi connectivity index (χ1n) is 6.34. The van der Waals surface area contributed by atoms with E-state index in [9.17, 15) is 4.21 Å². The highest BCUT2D eigenvalue weighted by molar-refractivity contribution is 7.82. The summed E-state index contributed by atoms with van der Waals surface area (Å²) >= 11 is 0. The highest BCUT2D eigenvalue weighted by Gasteiger charge is 2.52. The third-order valence-electron chi connectivity index (χ3n) is 3.40. The minimum absolute atomic E-state index is 0.374. The van der Waals surface area contributed by atoms with Gasteiger partial charge in [0.15, 0.2) is 0 Å². The lowest BCUT2D eigenvalue weighted by Crippen LogP contribution is -2.45. The smallest absolute Gasteiger partial charge is 0.0944 e. The SMILES string of the molecule is CC.CCS(=O)N1CCC(C)CC12CC2. The number of piperidine rings is 1. The molecule has 0 aromatic heterocycles. The van der Waals surface area contributed by atoms with E-state index in [1.165, 1.54) is 25.7 Å². The molecular formula is C12H25NOS. The maximum absolute atomic E-state index is 11.8. The molecule has 2 aliphatic rings. The summed E-state index contributed by atoms with van der Waals surface area (Å²) in [6, 6.07) is 0. The van der Waals surface area contributed by atoms with Gasteiger partial charge >= 0.3 is 0 Å². The van der Waals surface area contributed by atoms with E-state index >= 15 is 0 Å². The maximum Gasteiger partial charge on any atom is 0.0944 e. The van der Waals surface area contributed by atoms with E-state index in [2.05, 4.69) is 11.2 Å². The van der Waals surface area contributed by atoms with Crippen molar-refractivity contribution in [3.8, 4) is 0 Å². The van der Waals surface area contributed by atoms with Crippen LogP contribution in [0.2, 0.25) is 0 Å². The molecule has 15 heavy (non-hydrogen) atoms. The number of hydrogen-bond donors (Lipinski definition) is 0. The Morgan fingerprint density at radius 2 is 2.00 bits per heavy atom. The van der Waals surface area contributed by atoms with Crippen molar-refractivity contribution < 1.29 is 4.21 Å². The van der Waals surface area contributed by atoms with Gasteiger partial charge in [-0.2, -0.15) is 0 Å². The molecule has 2 nitrogen and oxygen atoms in total. The molecule has 2 atom stereocenters. The molecule has 3 heteroatoms. The zero-order valence-corrected chi connectivity index (χ0v) is 11.4. The van der Waals surface area contributed by atoms with Gasteiger partial charge in [0, 0.05) is 17.8 Å². The van der Waals surface area contributed by atoms with Crippen molar-refractivity contribution in [2.24, 2.45) is 5.92 Å². The standard InChI is InChI=1S/C10H19NOS.C2H6/c1-3-13(12)11-7-4-9(2)8-10(11)5-6-10;1-2/h9H,3-8H2,1-2H3;1-2H3. The molecule has 0 aromatic rings. The molecule has 2 rings (SSSR count). The van der Waals surface area contributed by atoms with Gasteiger partial charge in [0.1, 0.15) is 0 Å². The normalized spacial score (nSPS) is 30.5. The molecule has 1 saturated heterocycles. The molecule has 0 aromatic carbocycles. The van der Waals surface area contributed by atoms with E-state index < -0.39 is 11.0 Å². The van der Waals surface area contributed by atoms with Gasteiger partial charge in [0.2, 0.25) is 0 Å². The van der Waals surface area contributed by atoms with Crippen LogP contribution in [0.25, 0.3) is 0 Å². The van der Waals surface area contributed by atoms with E-state index in [-0.39, 0.29) is 0 Å². The van der Waals surface area contributed by atoms with E-state index in [0.717, 1.165) is 18.2 Å². The van der Waals surface area contributed by atoms with Gasteiger partial charge in [-0.25, -0.2) is 8.51 Å². The maximum atomic E-state index is 11.8. The minimum atomic E-state index is -0.702. The summed E-state index contributed by atoms with van der Waals surface area (Å²) in [4.78, 5) is 0. The van der Waals surface area contributed by atoms with E-state index in [1.54, 1.807) is 0 Å². The molecule has 2 unspecified atom stereocenters. The van der Waals surface area contributed by atoms with Crippen molar-refractivity contribution in [1.82, 2.24) is 4.31 Å². The zero-order valence-electron chi connectivity index (χ0n) is 10.6. The second-order valence-corrected chi connectivity index (χ2v) is 6.20. The largest absolute Gasteiger partial charge is 0.243 e. The summed E-state index contributed by atoms with van der Waals surface area (Å²) < 4.78 is 14.0. The van der Waals surface area contributed by atoms with Crippen LogP contribution in [0.5, 0.6) is 0 Å². The van der Waals surface area contributed by atoms with Crippen molar-refractivity contribution in [3.63, 3.8) is 0 Å². The number of rotatable bonds is 2. The van der Waals surface area contributed by atoms with Crippen LogP contribution in [0, 0.1) is 5.92 Å². The van der Waals surface area contributed by atoms with Crippen molar-refractivity contribution in [2.75, 3.05) is 12.3 Å². The van der Waals surface area contributed by atoms with Crippen LogP contribution >= 0.6 is 0 Å². The summed E-state index contributed by atoms with van der Waals surface area (Å²) in [5.74, 6) is 1.63. The highest BCUT2D eigenvalue weighted by Crippen LogP contribution is 2.50. The monoisotopic (exact) mass is 231 g/mol. The molecule has 90 valence electrons. The van der Waals surface area contributed by atoms with Gasteiger partial charge in [-0.1, -0.05) is 27.7 Å². The second-order valence-electron chi connectivity index (χ2n) is 4.53. The quantitative estimate of drug-likeness (QED) is 0.715. The third kappa shape index (κ3) is 2.82. The first-order chi connectivity index (χ1) is 7.18. The van der Waals surface area contributed by atoms with E-state index in [0.29, 0.717) is 5.54 Å². The van der Waals surface area contributed by atoms with Crippen LogP contribution in [-0.4, -0.2) is 26.4 Å². The predicted octanol–water partition coefficient (Wildman–Crippen LogP) is 2.96. The van der Waals surface area contributed by atoms with E-state index in [4.69, 9.17) is 0 Å². The zero-order chi connectivity index (χ0) is 11.5. The van der Waals surface area contributed by atoms with Crippen molar-refractivity contribution in [3.05, 3.63) is 0 Å². The molecule has 1 heterocycles.